The Morgan fingerprint density at radius 2 is 2.24 bits per heavy atom. The second-order valence-corrected chi connectivity index (χ2v) is 5.86. The minimum absolute atomic E-state index is 0.0173. The molecule has 0 radical (unpaired) electrons. The van der Waals surface area contributed by atoms with Crippen LogP contribution in [-0.4, -0.2) is 29.9 Å². The number of nitrogens with zero attached hydrogens (tertiary/aromatic N) is 1. The Morgan fingerprint density at radius 3 is 2.92 bits per heavy atom. The fraction of sp³-hybridized carbons (Fsp3) is 0.333. The van der Waals surface area contributed by atoms with Gasteiger partial charge in [-0.05, 0) is 19.1 Å². The van der Waals surface area contributed by atoms with Gasteiger partial charge < -0.3 is 24.8 Å². The second-order valence-electron chi connectivity index (χ2n) is 5.45. The molecular formula is C15H15N3O6S. The van der Waals surface area contributed by atoms with Gasteiger partial charge in [-0.15, -0.1) is 0 Å². The second kappa shape index (κ2) is 6.65. The summed E-state index contributed by atoms with van der Waals surface area (Å²) in [5.74, 6) is -0.134. The molecule has 132 valence electrons. The lowest BCUT2D eigenvalue weighted by molar-refractivity contribution is -0.385. The molecule has 2 aliphatic rings. The topological polar surface area (TPSA) is 112 Å². The van der Waals surface area contributed by atoms with E-state index >= 15 is 0 Å². The van der Waals surface area contributed by atoms with Crippen LogP contribution in [0.4, 0.5) is 5.69 Å². The fourth-order valence-electron chi connectivity index (χ4n) is 2.86. The number of nitrogens with one attached hydrogen (secondary N) is 2. The minimum Gasteiger partial charge on any atom is -0.467 e. The molecule has 25 heavy (non-hydrogen) atoms. The van der Waals surface area contributed by atoms with E-state index in [1.54, 1.807) is 6.92 Å². The van der Waals surface area contributed by atoms with Gasteiger partial charge in [0.05, 0.1) is 30.3 Å². The number of hydrogen-bond acceptors (Lipinski definition) is 7. The van der Waals surface area contributed by atoms with Crippen molar-refractivity contribution in [3.05, 3.63) is 44.6 Å². The van der Waals surface area contributed by atoms with Gasteiger partial charge in [-0.3, -0.25) is 10.1 Å². The number of nitro groups is 1. The summed E-state index contributed by atoms with van der Waals surface area (Å²) in [5, 5.41) is 17.4. The Bertz CT molecular complexity index is 807. The number of non-ortho nitro benzene ring substituents is 1. The highest BCUT2D eigenvalue weighted by Gasteiger charge is 2.35. The van der Waals surface area contributed by atoms with E-state index in [1.807, 2.05) is 0 Å². The summed E-state index contributed by atoms with van der Waals surface area (Å²) < 4.78 is 15.6. The van der Waals surface area contributed by atoms with E-state index in [0.717, 1.165) is 0 Å². The number of benzene rings is 1. The Hall–Kier alpha value is -2.72. The highest BCUT2D eigenvalue weighted by atomic mass is 32.1. The van der Waals surface area contributed by atoms with Crippen molar-refractivity contribution in [1.29, 1.82) is 0 Å². The van der Waals surface area contributed by atoms with Crippen molar-refractivity contribution >= 4 is 29.0 Å². The van der Waals surface area contributed by atoms with Crippen LogP contribution in [0.2, 0.25) is 0 Å². The molecule has 0 saturated heterocycles. The normalized spacial score (nSPS) is 19.3. The maximum Gasteiger partial charge on any atom is 0.337 e. The zero-order valence-corrected chi connectivity index (χ0v) is 14.3. The first-order chi connectivity index (χ1) is 11.9. The van der Waals surface area contributed by atoms with Crippen molar-refractivity contribution in [3.63, 3.8) is 0 Å². The molecule has 2 N–H and O–H groups in total. The number of allylic oxidation sites excluding steroid dienone is 1. The van der Waals surface area contributed by atoms with Crippen LogP contribution >= 0.6 is 12.2 Å². The summed E-state index contributed by atoms with van der Waals surface area (Å²) in [6, 6.07) is 2.02. The monoisotopic (exact) mass is 365 g/mol. The Labute approximate surface area is 148 Å². The highest BCUT2D eigenvalue weighted by Crippen LogP contribution is 2.40. The van der Waals surface area contributed by atoms with Crippen LogP contribution in [0.3, 0.4) is 0 Å². The number of nitro benzene ring substituents is 1. The number of fused-ring (bicyclic) bond motifs is 1. The molecule has 3 rings (SSSR count). The Balaban J connectivity index is 2.20. The first-order valence-corrected chi connectivity index (χ1v) is 7.71. The van der Waals surface area contributed by atoms with Crippen LogP contribution in [-0.2, 0) is 20.9 Å². The molecule has 2 heterocycles. The molecule has 0 spiro atoms. The van der Waals surface area contributed by atoms with Crippen LogP contribution in [0.25, 0.3) is 0 Å². The van der Waals surface area contributed by atoms with E-state index in [-0.39, 0.29) is 24.7 Å². The summed E-state index contributed by atoms with van der Waals surface area (Å²) in [4.78, 5) is 23.0. The Kier molecular flexibility index (Phi) is 4.55. The lowest BCUT2D eigenvalue weighted by atomic mass is 9.92. The van der Waals surface area contributed by atoms with Crippen LogP contribution in [0.5, 0.6) is 5.75 Å². The zero-order chi connectivity index (χ0) is 18.1. The molecule has 0 aliphatic carbocycles. The molecule has 1 atom stereocenters. The largest absolute Gasteiger partial charge is 0.467 e. The number of carbonyl (C=O) groups excluding carboxylic acids is 1. The first kappa shape index (κ1) is 17.1. The molecule has 0 aromatic heterocycles. The lowest BCUT2D eigenvalue weighted by Gasteiger charge is -2.31. The van der Waals surface area contributed by atoms with E-state index in [0.29, 0.717) is 27.7 Å². The van der Waals surface area contributed by atoms with Gasteiger partial charge in [0.2, 0.25) is 0 Å². The van der Waals surface area contributed by atoms with Gasteiger partial charge in [0.15, 0.2) is 11.9 Å². The van der Waals surface area contributed by atoms with Crippen LogP contribution < -0.4 is 15.4 Å². The van der Waals surface area contributed by atoms with E-state index in [2.05, 4.69) is 10.6 Å². The lowest BCUT2D eigenvalue weighted by Crippen LogP contribution is -2.45. The quantitative estimate of drug-likeness (QED) is 0.355. The van der Waals surface area contributed by atoms with Crippen molar-refractivity contribution in [3.8, 4) is 5.75 Å². The maximum atomic E-state index is 12.3. The van der Waals surface area contributed by atoms with E-state index in [4.69, 9.17) is 26.4 Å². The average Bonchev–Trinajstić information content (AvgIpc) is 2.59. The fourth-order valence-corrected chi connectivity index (χ4v) is 3.13. The standard InChI is InChI=1S/C15H15N3O6S/c1-7-11(14(19)22-2)12(17-15(25)16-7)10-4-9(18(20)21)3-8-5-23-6-24-13(8)10/h3-4,12H,5-6H2,1-2H3,(H2,16,17,25)/t12-/m1/s1. The molecule has 1 aromatic rings. The molecule has 0 saturated carbocycles. The molecule has 0 fully saturated rings. The molecule has 2 aliphatic heterocycles. The number of carbonyl (C=O) groups is 1. The van der Waals surface area contributed by atoms with Gasteiger partial charge in [-0.25, -0.2) is 4.79 Å². The first-order valence-electron chi connectivity index (χ1n) is 7.30. The van der Waals surface area contributed by atoms with E-state index in [9.17, 15) is 14.9 Å². The van der Waals surface area contributed by atoms with Crippen LogP contribution in [0.15, 0.2) is 23.4 Å². The third-order valence-corrected chi connectivity index (χ3v) is 4.14. The maximum absolute atomic E-state index is 12.3. The number of methoxy groups -OCH3 is 1. The van der Waals surface area contributed by atoms with Gasteiger partial charge in [-0.1, -0.05) is 0 Å². The highest BCUT2D eigenvalue weighted by molar-refractivity contribution is 7.80. The number of rotatable bonds is 3. The molecule has 9 nitrogen and oxygen atoms in total. The predicted molar refractivity (Wildman–Crippen MR) is 89.7 cm³/mol. The Morgan fingerprint density at radius 1 is 1.48 bits per heavy atom. The van der Waals surface area contributed by atoms with Gasteiger partial charge in [0, 0.05) is 29.0 Å². The summed E-state index contributed by atoms with van der Waals surface area (Å²) in [6.45, 7) is 1.87. The average molecular weight is 365 g/mol. The summed E-state index contributed by atoms with van der Waals surface area (Å²) in [5.41, 5.74) is 1.61. The van der Waals surface area contributed by atoms with Crippen molar-refractivity contribution in [2.75, 3.05) is 13.9 Å². The van der Waals surface area contributed by atoms with Crippen molar-refractivity contribution in [2.24, 2.45) is 0 Å². The number of ether oxygens (including phenoxy) is 3. The van der Waals surface area contributed by atoms with Crippen molar-refractivity contribution in [2.45, 2.75) is 19.6 Å². The minimum atomic E-state index is -0.743. The van der Waals surface area contributed by atoms with Gasteiger partial charge >= 0.3 is 5.97 Å². The van der Waals surface area contributed by atoms with Gasteiger partial charge in [0.25, 0.3) is 5.69 Å². The van der Waals surface area contributed by atoms with Crippen LogP contribution in [0, 0.1) is 10.1 Å². The summed E-state index contributed by atoms with van der Waals surface area (Å²) in [6.07, 6.45) is 0. The zero-order valence-electron chi connectivity index (χ0n) is 13.5. The van der Waals surface area contributed by atoms with Crippen molar-refractivity contribution in [1.82, 2.24) is 10.6 Å². The number of hydrogen-bond donors (Lipinski definition) is 2. The molecule has 10 heteroatoms. The summed E-state index contributed by atoms with van der Waals surface area (Å²) >= 11 is 5.17. The third-order valence-electron chi connectivity index (χ3n) is 3.92. The smallest absolute Gasteiger partial charge is 0.337 e. The molecular weight excluding hydrogens is 350 g/mol. The van der Waals surface area contributed by atoms with Gasteiger partial charge in [0.1, 0.15) is 5.75 Å². The van der Waals surface area contributed by atoms with E-state index < -0.39 is 16.9 Å². The molecule has 0 unspecified atom stereocenters. The molecule has 1 aromatic carbocycles. The molecule has 0 amide bonds. The SMILES string of the molecule is COC(=O)C1=C(C)NC(=S)N[C@@H]1c1cc([N+](=O)[O-])cc2c1OCOC2. The predicted octanol–water partition coefficient (Wildman–Crippen LogP) is 1.43. The molecule has 0 bridgehead atoms. The van der Waals surface area contributed by atoms with Gasteiger partial charge in [-0.2, -0.15) is 0 Å². The number of thiocarbonyl (C=S) groups is 1. The van der Waals surface area contributed by atoms with E-state index in [1.165, 1.54) is 19.2 Å². The summed E-state index contributed by atoms with van der Waals surface area (Å²) in [7, 11) is 1.26. The van der Waals surface area contributed by atoms with Crippen molar-refractivity contribution < 1.29 is 23.9 Å². The third kappa shape index (κ3) is 3.13. The number of esters is 1. The van der Waals surface area contributed by atoms with Crippen LogP contribution in [0.1, 0.15) is 24.1 Å².